The minimum atomic E-state index is -0.980. The molecule has 0 aromatic carbocycles. The van der Waals surface area contributed by atoms with Crippen molar-refractivity contribution in [1.29, 1.82) is 0 Å². The van der Waals surface area contributed by atoms with Crippen LogP contribution in [0.4, 0.5) is 0 Å². The third-order valence-corrected chi connectivity index (χ3v) is 5.06. The first kappa shape index (κ1) is 16.0. The molecular weight excluding hydrogens is 372 g/mol. The van der Waals surface area contributed by atoms with E-state index in [1.165, 1.54) is 16.4 Å². The molecule has 2 bridgehead atoms. The van der Waals surface area contributed by atoms with Gasteiger partial charge in [-0.3, -0.25) is 9.63 Å². The standard InChI is InChI=1S/C13H17BrN4O3S/c1-2-5-21-18-8-6-17(13(18)20)10(12(19)15-4-3-14)9-11(8)22-7-16-9/h2,7-8,10,13,20H,1,3-6H2,(H,15,19). The normalized spacial score (nSPS) is 30.1. The number of alkyl halides is 1. The van der Waals surface area contributed by atoms with Gasteiger partial charge in [-0.1, -0.05) is 22.0 Å². The van der Waals surface area contributed by atoms with E-state index in [0.29, 0.717) is 30.7 Å². The number of hydrogen-bond acceptors (Lipinski definition) is 7. The van der Waals surface area contributed by atoms with Crippen LogP contribution in [-0.4, -0.2) is 57.3 Å². The monoisotopic (exact) mass is 388 g/mol. The predicted octanol–water partition coefficient (Wildman–Crippen LogP) is 0.761. The maximum Gasteiger partial charge on any atom is 0.243 e. The molecule has 9 heteroatoms. The molecule has 1 saturated heterocycles. The highest BCUT2D eigenvalue weighted by Crippen LogP contribution is 2.46. The van der Waals surface area contributed by atoms with Gasteiger partial charge in [-0.15, -0.1) is 23.0 Å². The number of rotatable bonds is 6. The van der Waals surface area contributed by atoms with Crippen molar-refractivity contribution >= 4 is 33.2 Å². The molecule has 1 amide bonds. The molecule has 3 heterocycles. The summed E-state index contributed by atoms with van der Waals surface area (Å²) in [6.45, 7) is 4.97. The number of carbonyl (C=O) groups excluding carboxylic acids is 1. The van der Waals surface area contributed by atoms with Gasteiger partial charge in [0.05, 0.1) is 28.7 Å². The van der Waals surface area contributed by atoms with Crippen molar-refractivity contribution in [3.05, 3.63) is 28.7 Å². The molecular formula is C13H17BrN4O3S. The van der Waals surface area contributed by atoms with Crippen LogP contribution in [-0.2, 0) is 9.63 Å². The summed E-state index contributed by atoms with van der Waals surface area (Å²) in [5.74, 6) is -0.158. The number of aliphatic hydroxyl groups is 1. The molecule has 0 saturated carbocycles. The summed E-state index contributed by atoms with van der Waals surface area (Å²) in [5, 5.41) is 15.5. The molecule has 0 spiro atoms. The first-order valence-corrected chi connectivity index (χ1v) is 8.92. The lowest BCUT2D eigenvalue weighted by atomic mass is 10.0. The second kappa shape index (κ2) is 6.73. The molecule has 2 N–H and O–H groups in total. The smallest absolute Gasteiger partial charge is 0.243 e. The Morgan fingerprint density at radius 2 is 2.55 bits per heavy atom. The van der Waals surface area contributed by atoms with Crippen LogP contribution in [0.1, 0.15) is 22.7 Å². The lowest BCUT2D eigenvalue weighted by Crippen LogP contribution is -2.46. The van der Waals surface area contributed by atoms with Gasteiger partial charge in [-0.05, 0) is 0 Å². The van der Waals surface area contributed by atoms with Crippen molar-refractivity contribution < 1.29 is 14.7 Å². The van der Waals surface area contributed by atoms with Crippen molar-refractivity contribution in [3.63, 3.8) is 0 Å². The van der Waals surface area contributed by atoms with Gasteiger partial charge in [-0.25, -0.2) is 9.88 Å². The summed E-state index contributed by atoms with van der Waals surface area (Å²) in [5.41, 5.74) is 2.44. The van der Waals surface area contributed by atoms with E-state index in [4.69, 9.17) is 4.84 Å². The van der Waals surface area contributed by atoms with E-state index in [2.05, 4.69) is 32.8 Å². The third kappa shape index (κ3) is 2.61. The van der Waals surface area contributed by atoms with Gasteiger partial charge in [0.15, 0.2) is 6.35 Å². The lowest BCUT2D eigenvalue weighted by Gasteiger charge is -2.30. The van der Waals surface area contributed by atoms with Crippen molar-refractivity contribution in [2.75, 3.05) is 25.0 Å². The molecule has 1 aromatic heterocycles. The number of amides is 1. The third-order valence-electron chi connectivity index (χ3n) is 3.72. The quantitative estimate of drug-likeness (QED) is 0.553. The van der Waals surface area contributed by atoms with Crippen molar-refractivity contribution in [3.8, 4) is 0 Å². The summed E-state index contributed by atoms with van der Waals surface area (Å²) < 4.78 is 0. The topological polar surface area (TPSA) is 77.9 Å². The van der Waals surface area contributed by atoms with Crippen LogP contribution < -0.4 is 5.32 Å². The number of thiazole rings is 1. The Labute approximate surface area is 140 Å². The summed E-state index contributed by atoms with van der Waals surface area (Å²) in [4.78, 5) is 25.1. The first-order chi connectivity index (χ1) is 10.7. The van der Waals surface area contributed by atoms with E-state index >= 15 is 0 Å². The summed E-state index contributed by atoms with van der Waals surface area (Å²) in [7, 11) is 0. The molecule has 1 fully saturated rings. The SMILES string of the molecule is C=CCON1C2CN(C(C(=O)NCCBr)c3ncsc32)C1O. The zero-order valence-electron chi connectivity index (χ0n) is 11.8. The van der Waals surface area contributed by atoms with Crippen molar-refractivity contribution in [2.24, 2.45) is 0 Å². The number of aliphatic hydroxyl groups excluding tert-OH is 1. The molecule has 2 aliphatic heterocycles. The van der Waals surface area contributed by atoms with Crippen LogP contribution in [0.3, 0.4) is 0 Å². The Morgan fingerprint density at radius 3 is 3.27 bits per heavy atom. The van der Waals surface area contributed by atoms with Crippen LogP contribution >= 0.6 is 27.3 Å². The van der Waals surface area contributed by atoms with Crippen LogP contribution in [0, 0.1) is 0 Å². The average molecular weight is 389 g/mol. The maximum absolute atomic E-state index is 12.5. The van der Waals surface area contributed by atoms with Gasteiger partial charge in [-0.2, -0.15) is 0 Å². The molecule has 1 aromatic rings. The van der Waals surface area contributed by atoms with E-state index < -0.39 is 12.4 Å². The molecule has 7 nitrogen and oxygen atoms in total. The molecule has 22 heavy (non-hydrogen) atoms. The molecule has 0 aliphatic carbocycles. The van der Waals surface area contributed by atoms with Gasteiger partial charge >= 0.3 is 0 Å². The van der Waals surface area contributed by atoms with E-state index in [9.17, 15) is 9.90 Å². The van der Waals surface area contributed by atoms with Crippen LogP contribution in [0.25, 0.3) is 0 Å². The fourth-order valence-corrected chi connectivity index (χ4v) is 3.93. The maximum atomic E-state index is 12.5. The Kier molecular flexibility index (Phi) is 4.91. The number of hydroxylamine groups is 2. The Balaban J connectivity index is 1.89. The molecule has 2 aliphatic rings. The highest BCUT2D eigenvalue weighted by molar-refractivity contribution is 9.09. The number of aromatic nitrogens is 1. The van der Waals surface area contributed by atoms with Crippen LogP contribution in [0.5, 0.6) is 0 Å². The summed E-state index contributed by atoms with van der Waals surface area (Å²) in [6, 6.07) is -0.707. The van der Waals surface area contributed by atoms with E-state index in [0.717, 1.165) is 4.88 Å². The summed E-state index contributed by atoms with van der Waals surface area (Å²) >= 11 is 4.77. The zero-order chi connectivity index (χ0) is 15.7. The molecule has 120 valence electrons. The van der Waals surface area contributed by atoms with Gasteiger partial charge in [0.25, 0.3) is 0 Å². The fourth-order valence-electron chi connectivity index (χ4n) is 2.83. The first-order valence-electron chi connectivity index (χ1n) is 6.92. The van der Waals surface area contributed by atoms with Crippen LogP contribution in [0.15, 0.2) is 18.2 Å². The minimum absolute atomic E-state index is 0.113. The Bertz CT molecular complexity index is 569. The summed E-state index contributed by atoms with van der Waals surface area (Å²) in [6.07, 6.45) is 0.643. The highest BCUT2D eigenvalue weighted by Gasteiger charge is 2.52. The Hall–Kier alpha value is -0.840. The van der Waals surface area contributed by atoms with Gasteiger partial charge < -0.3 is 10.4 Å². The van der Waals surface area contributed by atoms with E-state index in [-0.39, 0.29) is 11.9 Å². The number of hydrogen-bond donors (Lipinski definition) is 2. The number of halogens is 1. The minimum Gasteiger partial charge on any atom is -0.363 e. The Morgan fingerprint density at radius 1 is 1.73 bits per heavy atom. The second-order valence-corrected chi connectivity index (χ2v) is 6.67. The average Bonchev–Trinajstić information content (AvgIpc) is 3.10. The molecule has 4 unspecified atom stereocenters. The molecule has 4 atom stereocenters. The number of nitrogens with zero attached hydrogens (tertiary/aromatic N) is 3. The van der Waals surface area contributed by atoms with Gasteiger partial charge in [0.2, 0.25) is 5.91 Å². The van der Waals surface area contributed by atoms with Gasteiger partial charge in [0.1, 0.15) is 6.04 Å². The van der Waals surface area contributed by atoms with E-state index in [1.54, 1.807) is 16.5 Å². The molecule has 0 radical (unpaired) electrons. The van der Waals surface area contributed by atoms with E-state index in [1.807, 2.05) is 0 Å². The predicted molar refractivity (Wildman–Crippen MR) is 85.1 cm³/mol. The zero-order valence-corrected chi connectivity index (χ0v) is 14.2. The second-order valence-electron chi connectivity index (χ2n) is 4.99. The number of carbonyl (C=O) groups is 1. The van der Waals surface area contributed by atoms with Crippen molar-refractivity contribution in [2.45, 2.75) is 18.4 Å². The number of fused-ring (bicyclic) bond motifs is 4. The van der Waals surface area contributed by atoms with Gasteiger partial charge in [0, 0.05) is 18.4 Å². The van der Waals surface area contributed by atoms with Crippen LogP contribution in [0.2, 0.25) is 0 Å². The van der Waals surface area contributed by atoms with Crippen molar-refractivity contribution in [1.82, 2.24) is 20.3 Å². The largest absolute Gasteiger partial charge is 0.363 e. The molecule has 3 rings (SSSR count). The fraction of sp³-hybridized carbons (Fsp3) is 0.538. The number of nitrogens with one attached hydrogen (secondary N) is 1. The lowest BCUT2D eigenvalue weighted by molar-refractivity contribution is -0.256. The highest BCUT2D eigenvalue weighted by atomic mass is 79.9.